The van der Waals surface area contributed by atoms with Gasteiger partial charge in [-0.1, -0.05) is 36.4 Å². The molecule has 2 aromatic carbocycles. The second-order valence-electron chi connectivity index (χ2n) is 6.32. The van der Waals surface area contributed by atoms with Crippen LogP contribution in [-0.4, -0.2) is 28.7 Å². The van der Waals surface area contributed by atoms with Crippen LogP contribution >= 0.6 is 0 Å². The van der Waals surface area contributed by atoms with Crippen LogP contribution in [0.5, 0.6) is 0 Å². The second kappa shape index (κ2) is 9.36. The number of carbonyl (C=O) groups is 1. The average Bonchev–Trinajstić information content (AvgIpc) is 3.22. The van der Waals surface area contributed by atoms with Gasteiger partial charge in [-0.2, -0.15) is 5.10 Å². The van der Waals surface area contributed by atoms with Gasteiger partial charge in [-0.3, -0.25) is 14.5 Å². The fourth-order valence-electron chi connectivity index (χ4n) is 2.87. The van der Waals surface area contributed by atoms with Crippen LogP contribution in [0.2, 0.25) is 0 Å². The largest absolute Gasteiger partial charge is 0.366 e. The van der Waals surface area contributed by atoms with E-state index in [1.54, 1.807) is 25.4 Å². The first kappa shape index (κ1) is 19.2. The number of hydrogen-bond donors (Lipinski definition) is 3. The fourth-order valence-corrected chi connectivity index (χ4v) is 2.87. The lowest BCUT2D eigenvalue weighted by molar-refractivity contribution is 0.1000. The van der Waals surface area contributed by atoms with E-state index in [1.165, 1.54) is 11.1 Å². The fraction of sp³-hybridized carbons (Fsp3) is 0.190. The molecular weight excluding hydrogens is 352 g/mol. The van der Waals surface area contributed by atoms with Gasteiger partial charge in [0, 0.05) is 38.1 Å². The van der Waals surface area contributed by atoms with E-state index in [9.17, 15) is 4.79 Å². The molecule has 0 atom stereocenters. The molecule has 3 aromatic rings. The van der Waals surface area contributed by atoms with Crippen LogP contribution in [0.4, 0.5) is 0 Å². The smallest absolute Gasteiger partial charge is 0.248 e. The number of aliphatic imine (C=N–C) groups is 1. The Labute approximate surface area is 164 Å². The van der Waals surface area contributed by atoms with Crippen molar-refractivity contribution in [3.05, 3.63) is 89.2 Å². The third-order valence-electron chi connectivity index (χ3n) is 4.35. The van der Waals surface area contributed by atoms with E-state index in [-0.39, 0.29) is 0 Å². The van der Waals surface area contributed by atoms with E-state index in [4.69, 9.17) is 5.73 Å². The average molecular weight is 376 g/mol. The zero-order valence-corrected chi connectivity index (χ0v) is 15.8. The highest BCUT2D eigenvalue weighted by Crippen LogP contribution is 2.10. The minimum atomic E-state index is -0.432. The Balaban J connectivity index is 1.59. The highest BCUT2D eigenvalue weighted by molar-refractivity contribution is 5.92. The monoisotopic (exact) mass is 376 g/mol. The van der Waals surface area contributed by atoms with Crippen molar-refractivity contribution in [2.45, 2.75) is 19.6 Å². The molecule has 7 heteroatoms. The van der Waals surface area contributed by atoms with Crippen LogP contribution in [0, 0.1) is 0 Å². The molecule has 0 aliphatic rings. The Kier molecular flexibility index (Phi) is 6.41. The van der Waals surface area contributed by atoms with Crippen molar-refractivity contribution in [1.82, 2.24) is 20.4 Å². The van der Waals surface area contributed by atoms with Gasteiger partial charge in [0.25, 0.3) is 0 Å². The van der Waals surface area contributed by atoms with Crippen molar-refractivity contribution in [2.75, 3.05) is 7.05 Å². The molecule has 3 rings (SSSR count). The normalized spacial score (nSPS) is 11.2. The molecule has 0 unspecified atom stereocenters. The van der Waals surface area contributed by atoms with Crippen molar-refractivity contribution in [3.8, 4) is 0 Å². The van der Waals surface area contributed by atoms with Gasteiger partial charge in [-0.15, -0.1) is 0 Å². The number of hydrogen-bond acceptors (Lipinski definition) is 3. The van der Waals surface area contributed by atoms with Gasteiger partial charge >= 0.3 is 0 Å². The molecule has 4 N–H and O–H groups in total. The van der Waals surface area contributed by atoms with Gasteiger partial charge in [-0.05, 0) is 34.9 Å². The quantitative estimate of drug-likeness (QED) is 0.433. The molecule has 1 aromatic heterocycles. The maximum atomic E-state index is 11.3. The van der Waals surface area contributed by atoms with Gasteiger partial charge in [0.15, 0.2) is 5.96 Å². The van der Waals surface area contributed by atoms with E-state index in [0.717, 1.165) is 12.1 Å². The summed E-state index contributed by atoms with van der Waals surface area (Å²) in [6.45, 7) is 1.89. The van der Waals surface area contributed by atoms with Crippen LogP contribution in [0.3, 0.4) is 0 Å². The summed E-state index contributed by atoms with van der Waals surface area (Å²) in [6.07, 6.45) is 3.73. The first-order valence-electron chi connectivity index (χ1n) is 9.03. The molecule has 0 bridgehead atoms. The summed E-state index contributed by atoms with van der Waals surface area (Å²) >= 11 is 0. The summed E-state index contributed by atoms with van der Waals surface area (Å²) in [5.41, 5.74) is 9.16. The van der Waals surface area contributed by atoms with Gasteiger partial charge in [0.1, 0.15) is 0 Å². The maximum Gasteiger partial charge on any atom is 0.248 e. The topological polar surface area (TPSA) is 97.3 Å². The van der Waals surface area contributed by atoms with Crippen molar-refractivity contribution >= 4 is 11.9 Å². The predicted octanol–water partition coefficient (Wildman–Crippen LogP) is 1.90. The summed E-state index contributed by atoms with van der Waals surface area (Å²) in [4.78, 5) is 15.6. The lowest BCUT2D eigenvalue weighted by Crippen LogP contribution is -2.36. The molecule has 0 saturated carbocycles. The minimum Gasteiger partial charge on any atom is -0.366 e. The van der Waals surface area contributed by atoms with Crippen LogP contribution < -0.4 is 16.4 Å². The first-order chi connectivity index (χ1) is 13.7. The first-order valence-corrected chi connectivity index (χ1v) is 9.03. The highest BCUT2D eigenvalue weighted by Gasteiger charge is 2.06. The molecule has 0 aliphatic heterocycles. The van der Waals surface area contributed by atoms with Crippen molar-refractivity contribution in [2.24, 2.45) is 10.7 Å². The lowest BCUT2D eigenvalue weighted by atomic mass is 10.1. The van der Waals surface area contributed by atoms with E-state index in [2.05, 4.69) is 32.9 Å². The summed E-state index contributed by atoms with van der Waals surface area (Å²) in [6, 6.07) is 17.4. The van der Waals surface area contributed by atoms with E-state index in [0.29, 0.717) is 24.6 Å². The molecule has 0 saturated heterocycles. The van der Waals surface area contributed by atoms with Gasteiger partial charge in [-0.25, -0.2) is 0 Å². The molecule has 7 nitrogen and oxygen atoms in total. The Morgan fingerprint density at radius 1 is 1.07 bits per heavy atom. The summed E-state index contributed by atoms with van der Waals surface area (Å²) in [5.74, 6) is 0.247. The molecule has 0 spiro atoms. The van der Waals surface area contributed by atoms with E-state index < -0.39 is 5.91 Å². The number of aromatic nitrogens is 2. The molecule has 1 amide bonds. The number of rotatable bonds is 7. The third-order valence-corrected chi connectivity index (χ3v) is 4.35. The molecule has 28 heavy (non-hydrogen) atoms. The number of nitrogens with zero attached hydrogens (tertiary/aromatic N) is 3. The third kappa shape index (κ3) is 5.20. The molecule has 1 heterocycles. The Morgan fingerprint density at radius 2 is 1.86 bits per heavy atom. The predicted molar refractivity (Wildman–Crippen MR) is 110 cm³/mol. The number of nitrogens with one attached hydrogen (secondary N) is 2. The lowest BCUT2D eigenvalue weighted by Gasteiger charge is -2.14. The molecule has 0 radical (unpaired) electrons. The van der Waals surface area contributed by atoms with Gasteiger partial charge in [0.05, 0.1) is 6.54 Å². The molecule has 0 fully saturated rings. The molecule has 0 aliphatic carbocycles. The standard InChI is InChI=1S/C21H24N6O/c1-23-21(24-13-16-6-4-9-17(12-16)20(22)28)25-14-18-7-2-3-8-19(18)15-27-11-5-10-26-27/h2-12H,13-15H2,1H3,(H2,22,28)(H2,23,24,25). The number of guanidine groups is 1. The summed E-state index contributed by atoms with van der Waals surface area (Å²) in [5, 5.41) is 10.9. The van der Waals surface area contributed by atoms with Crippen LogP contribution in [0.25, 0.3) is 0 Å². The highest BCUT2D eigenvalue weighted by atomic mass is 16.1. The SMILES string of the molecule is CN=C(NCc1cccc(C(N)=O)c1)NCc1ccccc1Cn1cccn1. The number of primary amides is 1. The molecular formula is C21H24N6O. The zero-order valence-electron chi connectivity index (χ0n) is 15.8. The van der Waals surface area contributed by atoms with E-state index >= 15 is 0 Å². The Bertz CT molecular complexity index is 949. The van der Waals surface area contributed by atoms with Crippen molar-refractivity contribution in [3.63, 3.8) is 0 Å². The van der Waals surface area contributed by atoms with Crippen LogP contribution in [0.1, 0.15) is 27.0 Å². The number of nitrogens with two attached hydrogens (primary N) is 1. The molecule has 144 valence electrons. The minimum absolute atomic E-state index is 0.432. The zero-order chi connectivity index (χ0) is 19.8. The number of carbonyl (C=O) groups excluding carboxylic acids is 1. The van der Waals surface area contributed by atoms with Crippen molar-refractivity contribution < 1.29 is 4.79 Å². The van der Waals surface area contributed by atoms with Crippen molar-refractivity contribution in [1.29, 1.82) is 0 Å². The van der Waals surface area contributed by atoms with Crippen LogP contribution in [0.15, 0.2) is 72.0 Å². The Morgan fingerprint density at radius 3 is 2.57 bits per heavy atom. The summed E-state index contributed by atoms with van der Waals surface area (Å²) < 4.78 is 1.90. The Hall–Kier alpha value is -3.61. The van der Waals surface area contributed by atoms with Gasteiger partial charge < -0.3 is 16.4 Å². The van der Waals surface area contributed by atoms with E-state index in [1.807, 2.05) is 41.2 Å². The summed E-state index contributed by atoms with van der Waals surface area (Å²) in [7, 11) is 1.73. The number of benzene rings is 2. The second-order valence-corrected chi connectivity index (χ2v) is 6.32. The maximum absolute atomic E-state index is 11.3. The number of amides is 1. The van der Waals surface area contributed by atoms with Crippen LogP contribution in [-0.2, 0) is 19.6 Å². The van der Waals surface area contributed by atoms with Gasteiger partial charge in [0.2, 0.25) is 5.91 Å².